The highest BCUT2D eigenvalue weighted by molar-refractivity contribution is 5.81. The van der Waals surface area contributed by atoms with Gasteiger partial charge in [-0.25, -0.2) is 4.98 Å². The van der Waals surface area contributed by atoms with Crippen molar-refractivity contribution < 1.29 is 13.9 Å². The van der Waals surface area contributed by atoms with Gasteiger partial charge in [-0.1, -0.05) is 6.07 Å². The Morgan fingerprint density at radius 2 is 2.14 bits per heavy atom. The largest absolute Gasteiger partial charge is 0.497 e. The van der Waals surface area contributed by atoms with Gasteiger partial charge in [0.1, 0.15) is 11.3 Å². The van der Waals surface area contributed by atoms with Gasteiger partial charge >= 0.3 is 0 Å². The molecule has 0 radical (unpaired) electrons. The average molecular weight is 282 g/mol. The second kappa shape index (κ2) is 5.28. The molecule has 5 heteroatoms. The number of oxazole rings is 1. The molecule has 5 nitrogen and oxygen atoms in total. The Labute approximate surface area is 121 Å². The number of amides is 1. The summed E-state index contributed by atoms with van der Waals surface area (Å²) in [6.07, 6.45) is 0.656. The number of nitrogens with one attached hydrogen (secondary N) is 1. The van der Waals surface area contributed by atoms with Crippen molar-refractivity contribution in [2.75, 3.05) is 12.4 Å². The summed E-state index contributed by atoms with van der Waals surface area (Å²) in [6.45, 7) is 1.91. The number of hydrogen-bond donors (Lipinski definition) is 1. The Morgan fingerprint density at radius 1 is 1.29 bits per heavy atom. The standard InChI is InChI=1S/C16H14N2O3/c1-10-12(4-3-5-13(10)17-9-19)16-18-14-8-11(20-2)6-7-15(14)21-16/h3-9H,1-2H3,(H,17,19). The van der Waals surface area contributed by atoms with E-state index in [1.807, 2.05) is 43.3 Å². The molecule has 0 fully saturated rings. The van der Waals surface area contributed by atoms with E-state index >= 15 is 0 Å². The predicted octanol–water partition coefficient (Wildman–Crippen LogP) is 3.38. The van der Waals surface area contributed by atoms with E-state index in [1.165, 1.54) is 0 Å². The van der Waals surface area contributed by atoms with Crippen molar-refractivity contribution >= 4 is 23.2 Å². The number of carbonyl (C=O) groups excluding carboxylic acids is 1. The maximum atomic E-state index is 10.6. The van der Waals surface area contributed by atoms with Crippen molar-refractivity contribution in [2.24, 2.45) is 0 Å². The summed E-state index contributed by atoms with van der Waals surface area (Å²) in [6, 6.07) is 11.1. The minimum Gasteiger partial charge on any atom is -0.497 e. The van der Waals surface area contributed by atoms with Crippen molar-refractivity contribution in [3.8, 4) is 17.2 Å². The van der Waals surface area contributed by atoms with E-state index in [4.69, 9.17) is 9.15 Å². The number of hydrogen-bond acceptors (Lipinski definition) is 4. The van der Waals surface area contributed by atoms with Crippen molar-refractivity contribution in [2.45, 2.75) is 6.92 Å². The second-order valence-electron chi connectivity index (χ2n) is 4.59. The van der Waals surface area contributed by atoms with E-state index in [0.717, 1.165) is 28.1 Å². The molecule has 3 aromatic rings. The number of anilines is 1. The number of ether oxygens (including phenoxy) is 1. The molecule has 2 aromatic carbocycles. The summed E-state index contributed by atoms with van der Waals surface area (Å²) >= 11 is 0. The van der Waals surface area contributed by atoms with Gasteiger partial charge in [-0.15, -0.1) is 0 Å². The average Bonchev–Trinajstić information content (AvgIpc) is 2.92. The smallest absolute Gasteiger partial charge is 0.227 e. The monoisotopic (exact) mass is 282 g/mol. The summed E-state index contributed by atoms with van der Waals surface area (Å²) < 4.78 is 11.0. The maximum Gasteiger partial charge on any atom is 0.227 e. The summed E-state index contributed by atoms with van der Waals surface area (Å²) in [5, 5.41) is 2.67. The fourth-order valence-corrected chi connectivity index (χ4v) is 2.24. The van der Waals surface area contributed by atoms with Crippen LogP contribution in [0.4, 0.5) is 5.69 Å². The number of nitrogens with zero attached hydrogens (tertiary/aromatic N) is 1. The first-order valence-corrected chi connectivity index (χ1v) is 6.47. The van der Waals surface area contributed by atoms with Crippen LogP contribution in [0.1, 0.15) is 5.56 Å². The van der Waals surface area contributed by atoms with Crippen LogP contribution in [0.2, 0.25) is 0 Å². The van der Waals surface area contributed by atoms with Gasteiger partial charge in [0, 0.05) is 17.3 Å². The third-order valence-corrected chi connectivity index (χ3v) is 3.37. The van der Waals surface area contributed by atoms with Crippen LogP contribution < -0.4 is 10.1 Å². The number of rotatable bonds is 4. The zero-order chi connectivity index (χ0) is 14.8. The van der Waals surface area contributed by atoms with E-state index in [9.17, 15) is 4.79 Å². The van der Waals surface area contributed by atoms with Crippen LogP contribution in [-0.4, -0.2) is 18.5 Å². The van der Waals surface area contributed by atoms with Gasteiger partial charge in [0.05, 0.1) is 7.11 Å². The molecule has 21 heavy (non-hydrogen) atoms. The van der Waals surface area contributed by atoms with Gasteiger partial charge in [-0.3, -0.25) is 4.79 Å². The number of aromatic nitrogens is 1. The van der Waals surface area contributed by atoms with E-state index in [2.05, 4.69) is 10.3 Å². The lowest BCUT2D eigenvalue weighted by Crippen LogP contribution is -1.97. The Balaban J connectivity index is 2.12. The molecule has 1 N–H and O–H groups in total. The molecular formula is C16H14N2O3. The molecule has 106 valence electrons. The first-order valence-electron chi connectivity index (χ1n) is 6.47. The van der Waals surface area contributed by atoms with Crippen LogP contribution in [0.15, 0.2) is 40.8 Å². The Kier molecular flexibility index (Phi) is 3.31. The fraction of sp³-hybridized carbons (Fsp3) is 0.125. The van der Waals surface area contributed by atoms with Crippen LogP contribution in [0, 0.1) is 6.92 Å². The van der Waals surface area contributed by atoms with Gasteiger partial charge in [0.2, 0.25) is 12.3 Å². The molecule has 0 aliphatic carbocycles. The second-order valence-corrected chi connectivity index (χ2v) is 4.59. The summed E-state index contributed by atoms with van der Waals surface area (Å²) in [5.74, 6) is 1.25. The normalized spacial score (nSPS) is 10.6. The van der Waals surface area contributed by atoms with Gasteiger partial charge in [0.15, 0.2) is 5.58 Å². The lowest BCUT2D eigenvalue weighted by atomic mass is 10.1. The van der Waals surface area contributed by atoms with Gasteiger partial charge in [0.25, 0.3) is 0 Å². The molecular weight excluding hydrogens is 268 g/mol. The molecule has 3 rings (SSSR count). The lowest BCUT2D eigenvalue weighted by Gasteiger charge is -2.07. The molecule has 1 amide bonds. The summed E-state index contributed by atoms with van der Waals surface area (Å²) in [4.78, 5) is 15.1. The Morgan fingerprint density at radius 3 is 2.90 bits per heavy atom. The Bertz CT molecular complexity index is 808. The number of benzene rings is 2. The first kappa shape index (κ1) is 13.2. The number of fused-ring (bicyclic) bond motifs is 1. The maximum absolute atomic E-state index is 10.6. The molecule has 0 saturated heterocycles. The highest BCUT2D eigenvalue weighted by Gasteiger charge is 2.13. The van der Waals surface area contributed by atoms with Gasteiger partial charge in [-0.2, -0.15) is 0 Å². The molecule has 0 saturated carbocycles. The number of methoxy groups -OCH3 is 1. The van der Waals surface area contributed by atoms with Crippen LogP contribution in [0.25, 0.3) is 22.6 Å². The molecule has 0 unspecified atom stereocenters. The molecule has 0 aliphatic heterocycles. The third kappa shape index (κ3) is 2.33. The van der Waals surface area contributed by atoms with E-state index < -0.39 is 0 Å². The highest BCUT2D eigenvalue weighted by atomic mass is 16.5. The number of carbonyl (C=O) groups is 1. The summed E-state index contributed by atoms with van der Waals surface area (Å²) in [5.41, 5.74) is 3.92. The van der Waals surface area contributed by atoms with Crippen molar-refractivity contribution in [3.63, 3.8) is 0 Å². The fourth-order valence-electron chi connectivity index (χ4n) is 2.24. The van der Waals surface area contributed by atoms with E-state index in [0.29, 0.717) is 17.9 Å². The summed E-state index contributed by atoms with van der Waals surface area (Å²) in [7, 11) is 1.61. The van der Waals surface area contributed by atoms with Crippen molar-refractivity contribution in [1.82, 2.24) is 4.98 Å². The molecule has 1 aromatic heterocycles. The minimum absolute atomic E-state index is 0.519. The lowest BCUT2D eigenvalue weighted by molar-refractivity contribution is -0.105. The molecule has 1 heterocycles. The third-order valence-electron chi connectivity index (χ3n) is 3.37. The molecule has 0 atom stereocenters. The van der Waals surface area contributed by atoms with Crippen LogP contribution in [0.3, 0.4) is 0 Å². The van der Waals surface area contributed by atoms with E-state index in [-0.39, 0.29) is 0 Å². The molecule has 0 spiro atoms. The van der Waals surface area contributed by atoms with Crippen molar-refractivity contribution in [3.05, 3.63) is 42.0 Å². The van der Waals surface area contributed by atoms with Crippen LogP contribution in [-0.2, 0) is 4.79 Å². The van der Waals surface area contributed by atoms with E-state index in [1.54, 1.807) is 7.11 Å². The first-order chi connectivity index (χ1) is 10.2. The molecule has 0 aliphatic rings. The van der Waals surface area contributed by atoms with Gasteiger partial charge in [-0.05, 0) is 36.8 Å². The SMILES string of the molecule is COc1ccc2oc(-c3cccc(NC=O)c3C)nc2c1. The molecule has 0 bridgehead atoms. The highest BCUT2D eigenvalue weighted by Crippen LogP contribution is 2.31. The Hall–Kier alpha value is -2.82. The van der Waals surface area contributed by atoms with Crippen molar-refractivity contribution in [1.29, 1.82) is 0 Å². The topological polar surface area (TPSA) is 64.4 Å². The van der Waals surface area contributed by atoms with Crippen LogP contribution in [0.5, 0.6) is 5.75 Å². The minimum atomic E-state index is 0.519. The van der Waals surface area contributed by atoms with Crippen LogP contribution >= 0.6 is 0 Å². The van der Waals surface area contributed by atoms with Gasteiger partial charge < -0.3 is 14.5 Å². The zero-order valence-electron chi connectivity index (χ0n) is 11.7. The quantitative estimate of drug-likeness (QED) is 0.745. The zero-order valence-corrected chi connectivity index (χ0v) is 11.7. The predicted molar refractivity (Wildman–Crippen MR) is 80.4 cm³/mol.